The average molecular weight is 709 g/mol. The molecular formula is C38H56N6O7. The minimum absolute atomic E-state index is 0.0204. The van der Waals surface area contributed by atoms with E-state index >= 15 is 0 Å². The van der Waals surface area contributed by atoms with E-state index in [1.807, 2.05) is 86.6 Å². The zero-order chi connectivity index (χ0) is 37.7. The number of hydrogen-bond acceptors (Lipinski definition) is 8. The molecule has 5 atom stereocenters. The van der Waals surface area contributed by atoms with Gasteiger partial charge in [0.05, 0.1) is 19.2 Å². The van der Waals surface area contributed by atoms with Crippen molar-refractivity contribution in [3.63, 3.8) is 0 Å². The van der Waals surface area contributed by atoms with Gasteiger partial charge in [-0.15, -0.1) is 0 Å². The number of likely N-dealkylation sites (tertiary alicyclic amines) is 1. The number of ketones is 1. The van der Waals surface area contributed by atoms with E-state index in [0.717, 1.165) is 30.0 Å². The lowest BCUT2D eigenvalue weighted by Crippen LogP contribution is -2.61. The third kappa shape index (κ3) is 10.8. The van der Waals surface area contributed by atoms with Crippen LogP contribution in [0, 0.1) is 11.3 Å². The highest BCUT2D eigenvalue weighted by atomic mass is 16.5. The first kappa shape index (κ1) is 39.4. The smallest absolute Gasteiger partial charge is 0.315 e. The van der Waals surface area contributed by atoms with Crippen molar-refractivity contribution in [1.29, 1.82) is 0 Å². The molecule has 5 amide bonds. The lowest BCUT2D eigenvalue weighted by molar-refractivity contribution is -0.144. The molecule has 2 unspecified atom stereocenters. The number of fused-ring (bicyclic) bond motifs is 1. The van der Waals surface area contributed by atoms with Gasteiger partial charge in [-0.1, -0.05) is 41.0 Å². The van der Waals surface area contributed by atoms with Crippen molar-refractivity contribution >= 4 is 40.3 Å². The third-order valence-corrected chi connectivity index (χ3v) is 9.12. The number of nitrogens with one attached hydrogen (secondary N) is 4. The number of hydrogen-bond donors (Lipinski definition) is 4. The Labute approximate surface area is 301 Å². The molecule has 1 aliphatic heterocycles. The molecule has 4 N–H and O–H groups in total. The molecule has 1 saturated carbocycles. The normalized spacial score (nSPS) is 19.4. The number of nitrogens with zero attached hydrogens (tertiary/aromatic N) is 2. The van der Waals surface area contributed by atoms with Crippen molar-refractivity contribution in [2.45, 2.75) is 130 Å². The standard InChI is InChI=1S/C38H56N6O7/c1-10-22(3)18-28(30(45)33(47)40-24-12-13-24)41-32(46)29-20-26(51-34-27-15-14-25(50-11-2)19-23(27)16-17-39-34)21-44(29)35(48)31(37(4,5)6)42-36(49)43-38(7,8)9/h14-17,19,22,24,26,28-29,31H,10-13,18,20-21H2,1-9H3,(H,40,47)(H,41,46)(H2,42,43,49)/t22?,26-,28+,29?,31-/m1/s1. The first-order chi connectivity index (χ1) is 23.9. The number of aromatic nitrogens is 1. The van der Waals surface area contributed by atoms with Crippen LogP contribution in [-0.2, 0) is 19.2 Å². The number of pyridine rings is 1. The van der Waals surface area contributed by atoms with Crippen LogP contribution >= 0.6 is 0 Å². The van der Waals surface area contributed by atoms with Gasteiger partial charge in [-0.3, -0.25) is 19.2 Å². The summed E-state index contributed by atoms with van der Waals surface area (Å²) in [4.78, 5) is 73.9. The summed E-state index contributed by atoms with van der Waals surface area (Å²) in [6, 6.07) is 3.75. The molecule has 1 saturated heterocycles. The Morgan fingerprint density at radius 3 is 2.31 bits per heavy atom. The van der Waals surface area contributed by atoms with Crippen LogP contribution in [-0.4, -0.2) is 88.4 Å². The Balaban J connectivity index is 1.65. The molecule has 51 heavy (non-hydrogen) atoms. The number of carbonyl (C=O) groups is 5. The highest BCUT2D eigenvalue weighted by molar-refractivity contribution is 6.38. The van der Waals surface area contributed by atoms with Gasteiger partial charge in [-0.2, -0.15) is 0 Å². The zero-order valence-electron chi connectivity index (χ0n) is 31.6. The number of carbonyl (C=O) groups excluding carboxylic acids is 5. The van der Waals surface area contributed by atoms with Crippen LogP contribution in [0.3, 0.4) is 0 Å². The number of rotatable bonds is 14. The minimum Gasteiger partial charge on any atom is -0.494 e. The van der Waals surface area contributed by atoms with Crippen molar-refractivity contribution < 1.29 is 33.4 Å². The highest BCUT2D eigenvalue weighted by Crippen LogP contribution is 2.32. The summed E-state index contributed by atoms with van der Waals surface area (Å²) in [5, 5.41) is 12.8. The summed E-state index contributed by atoms with van der Waals surface area (Å²) in [6.07, 6.45) is 3.71. The van der Waals surface area contributed by atoms with Crippen LogP contribution in [0.1, 0.15) is 94.4 Å². The molecule has 13 heteroatoms. The molecule has 1 aromatic carbocycles. The topological polar surface area (TPSA) is 168 Å². The lowest BCUT2D eigenvalue weighted by atomic mass is 9.85. The molecule has 280 valence electrons. The Morgan fingerprint density at radius 2 is 1.71 bits per heavy atom. The molecule has 0 radical (unpaired) electrons. The van der Waals surface area contributed by atoms with Crippen molar-refractivity contribution in [3.8, 4) is 11.6 Å². The van der Waals surface area contributed by atoms with Gasteiger partial charge in [0.1, 0.15) is 23.9 Å². The molecule has 13 nitrogen and oxygen atoms in total. The summed E-state index contributed by atoms with van der Waals surface area (Å²) in [6.45, 7) is 17.4. The van der Waals surface area contributed by atoms with Crippen molar-refractivity contribution in [3.05, 3.63) is 30.5 Å². The van der Waals surface area contributed by atoms with Gasteiger partial charge in [0.25, 0.3) is 5.91 Å². The Hall–Kier alpha value is -4.42. The second-order valence-electron chi connectivity index (χ2n) is 16.0. The third-order valence-electron chi connectivity index (χ3n) is 9.12. The van der Waals surface area contributed by atoms with Gasteiger partial charge < -0.3 is 35.6 Å². The maximum Gasteiger partial charge on any atom is 0.315 e. The van der Waals surface area contributed by atoms with Crippen LogP contribution in [0.2, 0.25) is 0 Å². The number of Topliss-reactive ketones (excluding diaryl/α,β-unsaturated/α-hetero) is 1. The average Bonchev–Trinajstić information content (AvgIpc) is 3.76. The van der Waals surface area contributed by atoms with Gasteiger partial charge >= 0.3 is 6.03 Å². The lowest BCUT2D eigenvalue weighted by Gasteiger charge is -2.36. The van der Waals surface area contributed by atoms with Gasteiger partial charge in [-0.25, -0.2) is 9.78 Å². The molecule has 0 bridgehead atoms. The van der Waals surface area contributed by atoms with Crippen molar-refractivity contribution in [2.24, 2.45) is 11.3 Å². The zero-order valence-corrected chi connectivity index (χ0v) is 31.6. The van der Waals surface area contributed by atoms with E-state index in [9.17, 15) is 24.0 Å². The van der Waals surface area contributed by atoms with E-state index in [1.165, 1.54) is 4.90 Å². The van der Waals surface area contributed by atoms with E-state index in [2.05, 4.69) is 26.3 Å². The van der Waals surface area contributed by atoms with Gasteiger partial charge in [0, 0.05) is 29.6 Å². The summed E-state index contributed by atoms with van der Waals surface area (Å²) in [7, 11) is 0. The maximum atomic E-state index is 14.5. The fourth-order valence-electron chi connectivity index (χ4n) is 6.04. The molecule has 0 spiro atoms. The molecule has 2 aromatic rings. The van der Waals surface area contributed by atoms with E-state index in [-0.39, 0.29) is 31.3 Å². The number of benzene rings is 1. The number of amides is 5. The predicted octanol–water partition coefficient (Wildman–Crippen LogP) is 4.26. The van der Waals surface area contributed by atoms with E-state index in [0.29, 0.717) is 18.2 Å². The summed E-state index contributed by atoms with van der Waals surface area (Å²) < 4.78 is 12.1. The SMILES string of the molecule is CCOc1ccc2c(O[C@@H]3CC(C(=O)N[C@@H](CC(C)CC)C(=O)C(=O)NC4CC4)N(C(=O)[C@@H](NC(=O)NC(C)(C)C)C(C)(C)C)C3)nccc2c1. The Kier molecular flexibility index (Phi) is 12.6. The minimum atomic E-state index is -1.07. The first-order valence-corrected chi connectivity index (χ1v) is 18.1. The fraction of sp³-hybridized carbons (Fsp3) is 0.632. The molecule has 2 aliphatic rings. The second kappa shape index (κ2) is 16.3. The maximum absolute atomic E-state index is 14.5. The molecule has 1 aromatic heterocycles. The molecular weight excluding hydrogens is 652 g/mol. The highest BCUT2D eigenvalue weighted by Gasteiger charge is 2.47. The molecule has 1 aliphatic carbocycles. The summed E-state index contributed by atoms with van der Waals surface area (Å²) in [5.41, 5.74) is -1.29. The second-order valence-corrected chi connectivity index (χ2v) is 16.0. The Morgan fingerprint density at radius 1 is 1.00 bits per heavy atom. The van der Waals surface area contributed by atoms with Crippen molar-refractivity contribution in [2.75, 3.05) is 13.2 Å². The van der Waals surface area contributed by atoms with Gasteiger partial charge in [0.15, 0.2) is 0 Å². The largest absolute Gasteiger partial charge is 0.494 e. The monoisotopic (exact) mass is 708 g/mol. The van der Waals surface area contributed by atoms with Crippen LogP contribution in [0.4, 0.5) is 4.79 Å². The molecule has 4 rings (SSSR count). The van der Waals surface area contributed by atoms with Crippen LogP contribution in [0.5, 0.6) is 11.6 Å². The number of urea groups is 1. The number of ether oxygens (including phenoxy) is 2. The summed E-state index contributed by atoms with van der Waals surface area (Å²) >= 11 is 0. The van der Waals surface area contributed by atoms with E-state index < -0.39 is 64.7 Å². The molecule has 2 heterocycles. The van der Waals surface area contributed by atoms with Crippen LogP contribution in [0.25, 0.3) is 10.8 Å². The molecule has 2 fully saturated rings. The Bertz CT molecular complexity index is 1600. The summed E-state index contributed by atoms with van der Waals surface area (Å²) in [5.74, 6) is -1.38. The van der Waals surface area contributed by atoms with Crippen molar-refractivity contribution in [1.82, 2.24) is 31.2 Å². The fourth-order valence-corrected chi connectivity index (χ4v) is 6.04. The van der Waals surface area contributed by atoms with E-state index in [1.54, 1.807) is 6.20 Å². The quantitative estimate of drug-likeness (QED) is 0.211. The van der Waals surface area contributed by atoms with Gasteiger partial charge in [-0.05, 0) is 87.9 Å². The van der Waals surface area contributed by atoms with Crippen LogP contribution < -0.4 is 30.7 Å². The van der Waals surface area contributed by atoms with Crippen LogP contribution in [0.15, 0.2) is 30.5 Å². The van der Waals surface area contributed by atoms with Gasteiger partial charge in [0.2, 0.25) is 23.5 Å². The first-order valence-electron chi connectivity index (χ1n) is 18.1. The van der Waals surface area contributed by atoms with E-state index in [4.69, 9.17) is 9.47 Å². The predicted molar refractivity (Wildman–Crippen MR) is 194 cm³/mol.